The summed E-state index contributed by atoms with van der Waals surface area (Å²) in [7, 11) is 0. The van der Waals surface area contributed by atoms with Gasteiger partial charge in [0.1, 0.15) is 5.25 Å². The van der Waals surface area contributed by atoms with Crippen molar-refractivity contribution in [1.82, 2.24) is 4.90 Å². The number of amidine groups is 1. The van der Waals surface area contributed by atoms with E-state index >= 15 is 0 Å². The molecule has 7 nitrogen and oxygen atoms in total. The Bertz CT molecular complexity index is 1330. The third-order valence-electron chi connectivity index (χ3n) is 5.43. The number of anilines is 1. The fourth-order valence-electron chi connectivity index (χ4n) is 3.52. The summed E-state index contributed by atoms with van der Waals surface area (Å²) in [5.74, 6) is -1.95. The number of carboxylic acids is 1. The number of aliphatic imine (C=N–C) groups is 1. The van der Waals surface area contributed by atoms with Crippen LogP contribution in [0.15, 0.2) is 83.9 Å². The zero-order chi connectivity index (χ0) is 26.6. The first-order valence-electron chi connectivity index (χ1n) is 11.0. The molecule has 190 valence electrons. The fourth-order valence-corrected chi connectivity index (χ4v) is 4.62. The summed E-state index contributed by atoms with van der Waals surface area (Å²) < 4.78 is 38.8. The Morgan fingerprint density at radius 1 is 1.00 bits per heavy atom. The van der Waals surface area contributed by atoms with Crippen LogP contribution in [0.25, 0.3) is 0 Å². The third kappa shape index (κ3) is 6.56. The predicted molar refractivity (Wildman–Crippen MR) is 134 cm³/mol. The number of nitrogens with zero attached hydrogens (tertiary/aromatic N) is 2. The van der Waals surface area contributed by atoms with Crippen molar-refractivity contribution >= 4 is 46.1 Å². The number of nitrogens with one attached hydrogen (secondary N) is 1. The molecule has 0 spiro atoms. The highest BCUT2D eigenvalue weighted by molar-refractivity contribution is 8.15. The molecule has 4 rings (SSSR count). The van der Waals surface area contributed by atoms with E-state index in [1.54, 1.807) is 0 Å². The number of benzene rings is 3. The van der Waals surface area contributed by atoms with E-state index in [4.69, 9.17) is 5.11 Å². The minimum Gasteiger partial charge on any atom is -0.478 e. The minimum atomic E-state index is -4.49. The van der Waals surface area contributed by atoms with Crippen LogP contribution in [-0.2, 0) is 22.3 Å². The first-order chi connectivity index (χ1) is 17.6. The lowest BCUT2D eigenvalue weighted by atomic mass is 10.2. The molecule has 1 fully saturated rings. The molecule has 3 aromatic rings. The summed E-state index contributed by atoms with van der Waals surface area (Å²) >= 11 is 1.03. The average Bonchev–Trinajstić information content (AvgIpc) is 2.86. The minimum absolute atomic E-state index is 0.0581. The zero-order valence-electron chi connectivity index (χ0n) is 19.1. The molecular formula is C26H20F3N3O4S. The molecule has 1 saturated heterocycles. The van der Waals surface area contributed by atoms with Crippen molar-refractivity contribution < 1.29 is 32.7 Å². The van der Waals surface area contributed by atoms with Crippen molar-refractivity contribution in [3.05, 3.63) is 95.6 Å². The summed E-state index contributed by atoms with van der Waals surface area (Å²) in [5, 5.41) is 11.0. The van der Waals surface area contributed by atoms with Gasteiger partial charge in [0.05, 0.1) is 23.4 Å². The molecule has 0 aliphatic carbocycles. The van der Waals surface area contributed by atoms with Gasteiger partial charge in [-0.2, -0.15) is 13.2 Å². The molecule has 0 radical (unpaired) electrons. The van der Waals surface area contributed by atoms with E-state index < -0.39 is 28.9 Å². The van der Waals surface area contributed by atoms with E-state index in [1.807, 2.05) is 30.3 Å². The molecule has 1 aliphatic heterocycles. The van der Waals surface area contributed by atoms with Crippen molar-refractivity contribution in [2.75, 3.05) is 5.32 Å². The molecule has 2 amide bonds. The monoisotopic (exact) mass is 527 g/mol. The number of rotatable bonds is 6. The Hall–Kier alpha value is -4.12. The molecule has 0 saturated carbocycles. The maximum absolute atomic E-state index is 13.1. The summed E-state index contributed by atoms with van der Waals surface area (Å²) in [6.45, 7) is 0.178. The summed E-state index contributed by atoms with van der Waals surface area (Å²) in [6.07, 6.45) is -4.62. The third-order valence-corrected chi connectivity index (χ3v) is 6.62. The zero-order valence-corrected chi connectivity index (χ0v) is 19.9. The lowest BCUT2D eigenvalue weighted by molar-refractivity contribution is -0.137. The SMILES string of the molecule is O=C(O)c1ccc(NC(=O)C2CC(=O)N(Cc3ccccc3)C(=Nc3ccc(C(F)(F)F)cc3)S2)cc1. The van der Waals surface area contributed by atoms with Crippen LogP contribution in [0.4, 0.5) is 24.5 Å². The normalized spacial score (nSPS) is 17.1. The Kier molecular flexibility index (Phi) is 7.63. The van der Waals surface area contributed by atoms with Gasteiger partial charge in [0.2, 0.25) is 11.8 Å². The van der Waals surface area contributed by atoms with Crippen LogP contribution in [0.1, 0.15) is 27.9 Å². The Morgan fingerprint density at radius 3 is 2.24 bits per heavy atom. The molecule has 1 atom stereocenters. The number of carbonyl (C=O) groups is 3. The van der Waals surface area contributed by atoms with Crippen molar-refractivity contribution in [2.45, 2.75) is 24.4 Å². The number of aromatic carboxylic acids is 1. The van der Waals surface area contributed by atoms with Gasteiger partial charge in [-0.05, 0) is 54.1 Å². The topological polar surface area (TPSA) is 99.1 Å². The maximum atomic E-state index is 13.1. The van der Waals surface area contributed by atoms with Gasteiger partial charge >= 0.3 is 12.1 Å². The summed E-state index contributed by atoms with van der Waals surface area (Å²) in [5.41, 5.74) is 0.611. The second-order valence-corrected chi connectivity index (χ2v) is 9.26. The van der Waals surface area contributed by atoms with Gasteiger partial charge in [-0.15, -0.1) is 0 Å². The quantitative estimate of drug-likeness (QED) is 0.437. The lowest BCUT2D eigenvalue weighted by Gasteiger charge is -2.32. The van der Waals surface area contributed by atoms with Gasteiger partial charge in [0.15, 0.2) is 5.17 Å². The first kappa shape index (κ1) is 26.0. The highest BCUT2D eigenvalue weighted by Crippen LogP contribution is 2.33. The largest absolute Gasteiger partial charge is 0.478 e. The summed E-state index contributed by atoms with van der Waals surface area (Å²) in [6, 6.07) is 18.9. The second-order valence-electron chi connectivity index (χ2n) is 8.09. The van der Waals surface area contributed by atoms with Gasteiger partial charge in [-0.3, -0.25) is 14.5 Å². The number of halogens is 3. The van der Waals surface area contributed by atoms with Gasteiger partial charge in [0.25, 0.3) is 0 Å². The molecule has 37 heavy (non-hydrogen) atoms. The Labute approximate surface area is 214 Å². The van der Waals surface area contributed by atoms with Crippen molar-refractivity contribution in [1.29, 1.82) is 0 Å². The molecule has 0 bridgehead atoms. The van der Waals surface area contributed by atoms with E-state index in [-0.39, 0.29) is 35.3 Å². The van der Waals surface area contributed by atoms with E-state index in [1.165, 1.54) is 41.3 Å². The van der Waals surface area contributed by atoms with Crippen LogP contribution in [-0.4, -0.2) is 38.2 Å². The van der Waals surface area contributed by atoms with E-state index in [0.29, 0.717) is 5.69 Å². The average molecular weight is 528 g/mol. The highest BCUT2D eigenvalue weighted by Gasteiger charge is 2.36. The maximum Gasteiger partial charge on any atom is 0.416 e. The molecule has 3 aromatic carbocycles. The smallest absolute Gasteiger partial charge is 0.416 e. The van der Waals surface area contributed by atoms with Crippen LogP contribution in [0, 0.1) is 0 Å². The second kappa shape index (κ2) is 10.9. The number of hydrogen-bond donors (Lipinski definition) is 2. The molecule has 0 aromatic heterocycles. The van der Waals surface area contributed by atoms with Gasteiger partial charge < -0.3 is 10.4 Å². The number of amides is 2. The number of hydrogen-bond acceptors (Lipinski definition) is 5. The van der Waals surface area contributed by atoms with Crippen molar-refractivity contribution in [3.63, 3.8) is 0 Å². The van der Waals surface area contributed by atoms with Crippen molar-refractivity contribution in [3.8, 4) is 0 Å². The first-order valence-corrected chi connectivity index (χ1v) is 11.9. The standard InChI is InChI=1S/C26H20F3N3O4S/c27-26(28,29)18-8-12-20(13-9-18)31-25-32(15-16-4-2-1-3-5-16)22(33)14-21(37-25)23(34)30-19-10-6-17(7-11-19)24(35)36/h1-13,21H,14-15H2,(H,30,34)(H,35,36). The van der Waals surface area contributed by atoms with E-state index in [9.17, 15) is 27.6 Å². The lowest BCUT2D eigenvalue weighted by Crippen LogP contribution is -2.44. The summed E-state index contributed by atoms with van der Waals surface area (Å²) in [4.78, 5) is 42.9. The number of thioether (sulfide) groups is 1. The van der Waals surface area contributed by atoms with E-state index in [2.05, 4.69) is 10.3 Å². The molecule has 1 unspecified atom stereocenters. The molecular weight excluding hydrogens is 507 g/mol. The molecule has 2 N–H and O–H groups in total. The van der Waals surface area contributed by atoms with Gasteiger partial charge in [-0.1, -0.05) is 42.1 Å². The highest BCUT2D eigenvalue weighted by atomic mass is 32.2. The number of alkyl halides is 3. The fraction of sp³-hybridized carbons (Fsp3) is 0.154. The Morgan fingerprint density at radius 2 is 1.65 bits per heavy atom. The molecule has 11 heteroatoms. The van der Waals surface area contributed by atoms with Crippen LogP contribution in [0.3, 0.4) is 0 Å². The van der Waals surface area contributed by atoms with Crippen LogP contribution >= 0.6 is 11.8 Å². The van der Waals surface area contributed by atoms with Crippen LogP contribution in [0.2, 0.25) is 0 Å². The van der Waals surface area contributed by atoms with Crippen LogP contribution in [0.5, 0.6) is 0 Å². The molecule has 1 heterocycles. The van der Waals surface area contributed by atoms with Gasteiger partial charge in [-0.25, -0.2) is 9.79 Å². The molecule has 1 aliphatic rings. The Balaban J connectivity index is 1.58. The predicted octanol–water partition coefficient (Wildman–Crippen LogP) is 5.56. The van der Waals surface area contributed by atoms with Crippen molar-refractivity contribution in [2.24, 2.45) is 4.99 Å². The van der Waals surface area contributed by atoms with Gasteiger partial charge in [0, 0.05) is 12.1 Å². The van der Waals surface area contributed by atoms with E-state index in [0.717, 1.165) is 29.5 Å². The number of carbonyl (C=O) groups excluding carboxylic acids is 2. The number of carboxylic acid groups (broad SMARTS) is 1. The van der Waals surface area contributed by atoms with Crippen LogP contribution < -0.4 is 5.32 Å².